The molecule has 2 rings (SSSR count). The van der Waals surface area contributed by atoms with E-state index in [-0.39, 0.29) is 17.6 Å². The van der Waals surface area contributed by atoms with E-state index < -0.39 is 6.04 Å². The minimum Gasteiger partial charge on any atom is -0.353 e. The van der Waals surface area contributed by atoms with Gasteiger partial charge < -0.3 is 10.6 Å². The van der Waals surface area contributed by atoms with Gasteiger partial charge in [0.25, 0.3) is 0 Å². The molecular weight excluding hydrogens is 285 g/mol. The third-order valence-corrected chi connectivity index (χ3v) is 3.57. The predicted octanol–water partition coefficient (Wildman–Crippen LogP) is 0.991. The van der Waals surface area contributed by atoms with E-state index in [0.717, 1.165) is 5.56 Å². The van der Waals surface area contributed by atoms with Gasteiger partial charge in [0.05, 0.1) is 0 Å². The molecule has 1 heterocycles. The molecule has 0 radical (unpaired) electrons. The summed E-state index contributed by atoms with van der Waals surface area (Å²) >= 11 is 0. The second-order valence-electron chi connectivity index (χ2n) is 5.12. The standard InChI is InChI=1S/C16H20FN3O2/c1-2-8-18-14(21)7-10-20-11-9-19-16(22)15(20)12-3-5-13(17)6-4-12/h2-6,15H,1,7-11H2,(H,18,21)(H,19,22)/t15-/m1/s1. The number of halogens is 1. The van der Waals surface area contributed by atoms with E-state index in [9.17, 15) is 14.0 Å². The topological polar surface area (TPSA) is 61.4 Å². The second kappa shape index (κ2) is 7.70. The molecule has 5 nitrogen and oxygen atoms in total. The van der Waals surface area contributed by atoms with Gasteiger partial charge in [-0.2, -0.15) is 0 Å². The summed E-state index contributed by atoms with van der Waals surface area (Å²) < 4.78 is 13.0. The van der Waals surface area contributed by atoms with E-state index in [1.165, 1.54) is 12.1 Å². The highest BCUT2D eigenvalue weighted by molar-refractivity contribution is 5.84. The molecule has 1 atom stereocenters. The summed E-state index contributed by atoms with van der Waals surface area (Å²) in [7, 11) is 0. The highest BCUT2D eigenvalue weighted by Crippen LogP contribution is 2.23. The Bertz CT molecular complexity index is 545. The fourth-order valence-corrected chi connectivity index (χ4v) is 2.48. The van der Waals surface area contributed by atoms with Crippen LogP contribution in [0.1, 0.15) is 18.0 Å². The molecular formula is C16H20FN3O2. The number of benzene rings is 1. The first-order chi connectivity index (χ1) is 10.6. The first-order valence-electron chi connectivity index (χ1n) is 7.26. The van der Waals surface area contributed by atoms with Crippen molar-refractivity contribution < 1.29 is 14.0 Å². The molecule has 2 amide bonds. The summed E-state index contributed by atoms with van der Waals surface area (Å²) in [6, 6.07) is 5.41. The quantitative estimate of drug-likeness (QED) is 0.771. The first kappa shape index (κ1) is 16.2. The number of hydrogen-bond acceptors (Lipinski definition) is 3. The van der Waals surface area contributed by atoms with Gasteiger partial charge in [0.1, 0.15) is 11.9 Å². The van der Waals surface area contributed by atoms with Gasteiger partial charge in [-0.05, 0) is 17.7 Å². The van der Waals surface area contributed by atoms with Crippen LogP contribution in [0.25, 0.3) is 0 Å². The Morgan fingerprint density at radius 2 is 2.18 bits per heavy atom. The molecule has 0 unspecified atom stereocenters. The van der Waals surface area contributed by atoms with Gasteiger partial charge in [-0.15, -0.1) is 6.58 Å². The molecule has 1 fully saturated rings. The van der Waals surface area contributed by atoms with Gasteiger partial charge in [-0.3, -0.25) is 14.5 Å². The maximum Gasteiger partial charge on any atom is 0.242 e. The number of piperazine rings is 1. The lowest BCUT2D eigenvalue weighted by atomic mass is 10.0. The molecule has 0 bridgehead atoms. The number of amides is 2. The van der Waals surface area contributed by atoms with Crippen molar-refractivity contribution in [2.75, 3.05) is 26.2 Å². The van der Waals surface area contributed by atoms with Gasteiger partial charge >= 0.3 is 0 Å². The second-order valence-corrected chi connectivity index (χ2v) is 5.12. The van der Waals surface area contributed by atoms with E-state index >= 15 is 0 Å². The van der Waals surface area contributed by atoms with Crippen molar-refractivity contribution >= 4 is 11.8 Å². The largest absolute Gasteiger partial charge is 0.353 e. The average molecular weight is 305 g/mol. The Hall–Kier alpha value is -2.21. The number of carbonyl (C=O) groups excluding carboxylic acids is 2. The number of nitrogens with zero attached hydrogens (tertiary/aromatic N) is 1. The van der Waals surface area contributed by atoms with Crippen molar-refractivity contribution in [3.63, 3.8) is 0 Å². The molecule has 2 N–H and O–H groups in total. The van der Waals surface area contributed by atoms with Crippen molar-refractivity contribution in [3.05, 3.63) is 48.3 Å². The zero-order chi connectivity index (χ0) is 15.9. The lowest BCUT2D eigenvalue weighted by molar-refractivity contribution is -0.130. The van der Waals surface area contributed by atoms with Crippen LogP contribution in [0.2, 0.25) is 0 Å². The van der Waals surface area contributed by atoms with Crippen LogP contribution < -0.4 is 10.6 Å². The van der Waals surface area contributed by atoms with Gasteiger partial charge in [0.15, 0.2) is 0 Å². The zero-order valence-corrected chi connectivity index (χ0v) is 12.3. The van der Waals surface area contributed by atoms with Crippen LogP contribution in [-0.4, -0.2) is 42.9 Å². The van der Waals surface area contributed by atoms with Crippen LogP contribution in [0, 0.1) is 5.82 Å². The number of rotatable bonds is 6. The molecule has 0 spiro atoms. The molecule has 1 aliphatic rings. The van der Waals surface area contributed by atoms with Gasteiger partial charge in [0.2, 0.25) is 11.8 Å². The van der Waals surface area contributed by atoms with Crippen molar-refractivity contribution in [1.29, 1.82) is 0 Å². The molecule has 1 aromatic carbocycles. The third kappa shape index (κ3) is 4.14. The fraction of sp³-hybridized carbons (Fsp3) is 0.375. The van der Waals surface area contributed by atoms with Gasteiger partial charge in [-0.1, -0.05) is 18.2 Å². The minimum absolute atomic E-state index is 0.0799. The molecule has 1 saturated heterocycles. The van der Waals surface area contributed by atoms with Crippen LogP contribution >= 0.6 is 0 Å². The smallest absolute Gasteiger partial charge is 0.242 e. The third-order valence-electron chi connectivity index (χ3n) is 3.57. The maximum absolute atomic E-state index is 13.0. The molecule has 22 heavy (non-hydrogen) atoms. The summed E-state index contributed by atoms with van der Waals surface area (Å²) in [6.45, 7) is 5.65. The molecule has 0 aliphatic carbocycles. The summed E-state index contributed by atoms with van der Waals surface area (Å²) in [6.07, 6.45) is 1.92. The Kier molecular flexibility index (Phi) is 5.66. The number of nitrogens with one attached hydrogen (secondary N) is 2. The highest BCUT2D eigenvalue weighted by atomic mass is 19.1. The maximum atomic E-state index is 13.0. The Balaban J connectivity index is 2.03. The normalized spacial score (nSPS) is 18.6. The summed E-state index contributed by atoms with van der Waals surface area (Å²) in [5.41, 5.74) is 0.727. The highest BCUT2D eigenvalue weighted by Gasteiger charge is 2.31. The van der Waals surface area contributed by atoms with Crippen LogP contribution in [0.15, 0.2) is 36.9 Å². The van der Waals surface area contributed by atoms with E-state index in [4.69, 9.17) is 0 Å². The first-order valence-corrected chi connectivity index (χ1v) is 7.26. The summed E-state index contributed by atoms with van der Waals surface area (Å²) in [4.78, 5) is 25.8. The van der Waals surface area contributed by atoms with Crippen molar-refractivity contribution in [1.82, 2.24) is 15.5 Å². The van der Waals surface area contributed by atoms with E-state index in [0.29, 0.717) is 32.6 Å². The number of carbonyl (C=O) groups is 2. The monoisotopic (exact) mass is 305 g/mol. The van der Waals surface area contributed by atoms with Crippen molar-refractivity contribution in [3.8, 4) is 0 Å². The predicted molar refractivity (Wildman–Crippen MR) is 81.5 cm³/mol. The van der Waals surface area contributed by atoms with Gasteiger partial charge in [0, 0.05) is 32.6 Å². The van der Waals surface area contributed by atoms with Crippen LogP contribution in [0.3, 0.4) is 0 Å². The fourth-order valence-electron chi connectivity index (χ4n) is 2.48. The minimum atomic E-state index is -0.485. The van der Waals surface area contributed by atoms with Crippen LogP contribution in [0.5, 0.6) is 0 Å². The molecule has 1 aromatic rings. The number of hydrogen-bond donors (Lipinski definition) is 2. The Labute approximate surface area is 129 Å². The average Bonchev–Trinajstić information content (AvgIpc) is 2.52. The molecule has 1 aliphatic heterocycles. The van der Waals surface area contributed by atoms with Crippen molar-refractivity contribution in [2.45, 2.75) is 12.5 Å². The Morgan fingerprint density at radius 3 is 2.86 bits per heavy atom. The Morgan fingerprint density at radius 1 is 1.45 bits per heavy atom. The molecule has 118 valence electrons. The van der Waals surface area contributed by atoms with E-state index in [2.05, 4.69) is 17.2 Å². The van der Waals surface area contributed by atoms with Crippen LogP contribution in [-0.2, 0) is 9.59 Å². The van der Waals surface area contributed by atoms with Crippen molar-refractivity contribution in [2.24, 2.45) is 0 Å². The van der Waals surface area contributed by atoms with E-state index in [1.807, 2.05) is 4.90 Å². The molecule has 0 aromatic heterocycles. The lowest BCUT2D eigenvalue weighted by Crippen LogP contribution is -2.50. The molecule has 0 saturated carbocycles. The van der Waals surface area contributed by atoms with Gasteiger partial charge in [-0.25, -0.2) is 4.39 Å². The molecule has 6 heteroatoms. The summed E-state index contributed by atoms with van der Waals surface area (Å²) in [5, 5.41) is 5.52. The van der Waals surface area contributed by atoms with E-state index in [1.54, 1.807) is 18.2 Å². The summed E-state index contributed by atoms with van der Waals surface area (Å²) in [5.74, 6) is -0.539. The van der Waals surface area contributed by atoms with Crippen LogP contribution in [0.4, 0.5) is 4.39 Å². The SMILES string of the molecule is C=CCNC(=O)CCN1CCNC(=O)[C@H]1c1ccc(F)cc1. The zero-order valence-electron chi connectivity index (χ0n) is 12.3. The lowest BCUT2D eigenvalue weighted by Gasteiger charge is -2.35.